The number of H-pyrrole nitrogens is 1. The van der Waals surface area contributed by atoms with Gasteiger partial charge in [-0.1, -0.05) is 0 Å². The predicted octanol–water partition coefficient (Wildman–Crippen LogP) is 2.13. The lowest BCUT2D eigenvalue weighted by Crippen LogP contribution is -2.32. The summed E-state index contributed by atoms with van der Waals surface area (Å²) >= 11 is 0. The SMILES string of the molecule is CC(C)(C)n1ncc2c1CCC[C@H]2NC(=O)c1ccc(=O)[nH]c1. The Labute approximate surface area is 134 Å². The highest BCUT2D eigenvalue weighted by Gasteiger charge is 2.29. The maximum atomic E-state index is 12.4. The van der Waals surface area contributed by atoms with Crippen LogP contribution in [0.3, 0.4) is 0 Å². The van der Waals surface area contributed by atoms with Gasteiger partial charge in [0, 0.05) is 23.5 Å². The molecule has 0 unspecified atom stereocenters. The van der Waals surface area contributed by atoms with Crippen LogP contribution in [0.1, 0.15) is 61.3 Å². The maximum absolute atomic E-state index is 12.4. The number of aromatic nitrogens is 3. The summed E-state index contributed by atoms with van der Waals surface area (Å²) in [5, 5.41) is 7.59. The van der Waals surface area contributed by atoms with Crippen molar-refractivity contribution in [1.82, 2.24) is 20.1 Å². The third kappa shape index (κ3) is 3.06. The van der Waals surface area contributed by atoms with Gasteiger partial charge in [-0.2, -0.15) is 5.10 Å². The largest absolute Gasteiger partial charge is 0.345 e. The summed E-state index contributed by atoms with van der Waals surface area (Å²) in [4.78, 5) is 26.0. The number of fused-ring (bicyclic) bond motifs is 1. The first-order valence-electron chi connectivity index (χ1n) is 7.93. The first-order chi connectivity index (χ1) is 10.9. The highest BCUT2D eigenvalue weighted by molar-refractivity contribution is 5.94. The molecule has 6 nitrogen and oxygen atoms in total. The molecule has 0 aliphatic heterocycles. The van der Waals surface area contributed by atoms with Gasteiger partial charge in [-0.05, 0) is 46.1 Å². The lowest BCUT2D eigenvalue weighted by molar-refractivity contribution is 0.0932. The van der Waals surface area contributed by atoms with Crippen LogP contribution in [0.5, 0.6) is 0 Å². The zero-order valence-electron chi connectivity index (χ0n) is 13.7. The fourth-order valence-electron chi connectivity index (χ4n) is 3.08. The van der Waals surface area contributed by atoms with Gasteiger partial charge in [0.25, 0.3) is 5.91 Å². The van der Waals surface area contributed by atoms with E-state index in [0.717, 1.165) is 24.8 Å². The molecule has 0 radical (unpaired) electrons. The minimum absolute atomic E-state index is 0.0331. The average Bonchev–Trinajstić information content (AvgIpc) is 2.93. The number of pyridine rings is 1. The van der Waals surface area contributed by atoms with Gasteiger partial charge in [0.1, 0.15) is 0 Å². The molecule has 2 N–H and O–H groups in total. The zero-order valence-corrected chi connectivity index (χ0v) is 13.7. The number of nitrogens with zero attached hydrogens (tertiary/aromatic N) is 2. The fraction of sp³-hybridized carbons (Fsp3) is 0.471. The van der Waals surface area contributed by atoms with Crippen LogP contribution < -0.4 is 10.9 Å². The molecule has 23 heavy (non-hydrogen) atoms. The highest BCUT2D eigenvalue weighted by Crippen LogP contribution is 2.32. The molecule has 2 aromatic rings. The molecule has 0 bridgehead atoms. The molecule has 0 fully saturated rings. The third-order valence-corrected chi connectivity index (χ3v) is 4.17. The Morgan fingerprint density at radius 3 is 2.83 bits per heavy atom. The maximum Gasteiger partial charge on any atom is 0.253 e. The number of carbonyl (C=O) groups is 1. The second-order valence-corrected chi connectivity index (χ2v) is 6.99. The number of carbonyl (C=O) groups excluding carboxylic acids is 1. The molecule has 0 saturated heterocycles. The first kappa shape index (κ1) is 15.5. The Morgan fingerprint density at radius 2 is 2.17 bits per heavy atom. The van der Waals surface area contributed by atoms with E-state index in [9.17, 15) is 9.59 Å². The van der Waals surface area contributed by atoms with Crippen molar-refractivity contribution < 1.29 is 4.79 Å². The lowest BCUT2D eigenvalue weighted by Gasteiger charge is -2.28. The van der Waals surface area contributed by atoms with Crippen LogP contribution in [0.25, 0.3) is 0 Å². The number of nitrogens with one attached hydrogen (secondary N) is 2. The van der Waals surface area contributed by atoms with Crippen molar-refractivity contribution in [3.63, 3.8) is 0 Å². The summed E-state index contributed by atoms with van der Waals surface area (Å²) in [7, 11) is 0. The summed E-state index contributed by atoms with van der Waals surface area (Å²) in [6, 6.07) is 2.87. The van der Waals surface area contributed by atoms with Crippen molar-refractivity contribution in [2.75, 3.05) is 0 Å². The van der Waals surface area contributed by atoms with Crippen molar-refractivity contribution in [3.8, 4) is 0 Å². The molecule has 6 heteroatoms. The molecule has 0 saturated carbocycles. The Balaban J connectivity index is 1.84. The van der Waals surface area contributed by atoms with Crippen LogP contribution in [-0.2, 0) is 12.0 Å². The van der Waals surface area contributed by atoms with Crippen LogP contribution in [0.4, 0.5) is 0 Å². The Bertz CT molecular complexity index is 762. The van der Waals surface area contributed by atoms with E-state index in [1.807, 2.05) is 6.20 Å². The van der Waals surface area contributed by atoms with Crippen LogP contribution in [-0.4, -0.2) is 20.7 Å². The van der Waals surface area contributed by atoms with E-state index in [0.29, 0.717) is 5.56 Å². The van der Waals surface area contributed by atoms with E-state index < -0.39 is 0 Å². The quantitative estimate of drug-likeness (QED) is 0.891. The Morgan fingerprint density at radius 1 is 1.39 bits per heavy atom. The van der Waals surface area contributed by atoms with Gasteiger partial charge >= 0.3 is 0 Å². The van der Waals surface area contributed by atoms with E-state index in [1.54, 1.807) is 0 Å². The van der Waals surface area contributed by atoms with E-state index >= 15 is 0 Å². The summed E-state index contributed by atoms with van der Waals surface area (Å²) in [6.45, 7) is 6.38. The zero-order chi connectivity index (χ0) is 16.6. The molecule has 1 aliphatic rings. The van der Waals surface area contributed by atoms with E-state index in [1.165, 1.54) is 24.0 Å². The molecule has 122 valence electrons. The van der Waals surface area contributed by atoms with Crippen molar-refractivity contribution >= 4 is 5.91 Å². The third-order valence-electron chi connectivity index (χ3n) is 4.17. The second-order valence-electron chi connectivity index (χ2n) is 6.99. The second kappa shape index (κ2) is 5.68. The topological polar surface area (TPSA) is 79.8 Å². The molecule has 1 amide bonds. The smallest absolute Gasteiger partial charge is 0.253 e. The van der Waals surface area contributed by atoms with Gasteiger partial charge < -0.3 is 10.3 Å². The van der Waals surface area contributed by atoms with Crippen molar-refractivity contribution in [3.05, 3.63) is 51.7 Å². The highest BCUT2D eigenvalue weighted by atomic mass is 16.2. The number of amides is 1. The van der Waals surface area contributed by atoms with Crippen LogP contribution in [0, 0.1) is 0 Å². The summed E-state index contributed by atoms with van der Waals surface area (Å²) in [6.07, 6.45) is 6.22. The van der Waals surface area contributed by atoms with E-state index in [-0.39, 0.29) is 23.0 Å². The van der Waals surface area contributed by atoms with Crippen LogP contribution in [0.15, 0.2) is 29.3 Å². The van der Waals surface area contributed by atoms with E-state index in [2.05, 4.69) is 40.9 Å². The summed E-state index contributed by atoms with van der Waals surface area (Å²) in [5.74, 6) is -0.178. The summed E-state index contributed by atoms with van der Waals surface area (Å²) < 4.78 is 2.06. The van der Waals surface area contributed by atoms with Gasteiger partial charge in [-0.3, -0.25) is 14.3 Å². The standard InChI is InChI=1S/C17H22N4O2/c1-17(2,3)21-14-6-4-5-13(12(14)10-19-21)20-16(23)11-7-8-15(22)18-9-11/h7-10,13H,4-6H2,1-3H3,(H,18,22)(H,20,23)/t13-/m1/s1. The Hall–Kier alpha value is -2.37. The monoisotopic (exact) mass is 314 g/mol. The van der Waals surface area contributed by atoms with Crippen molar-refractivity contribution in [1.29, 1.82) is 0 Å². The average molecular weight is 314 g/mol. The number of aromatic amines is 1. The van der Waals surface area contributed by atoms with Gasteiger partial charge in [-0.25, -0.2) is 0 Å². The van der Waals surface area contributed by atoms with Gasteiger partial charge in [-0.15, -0.1) is 0 Å². The molecule has 0 spiro atoms. The molecule has 3 rings (SSSR count). The molecular formula is C17H22N4O2. The Kier molecular flexibility index (Phi) is 3.83. The normalized spacial score (nSPS) is 17.6. The minimum atomic E-state index is -0.215. The molecule has 2 aromatic heterocycles. The van der Waals surface area contributed by atoms with Crippen molar-refractivity contribution in [2.24, 2.45) is 0 Å². The van der Waals surface area contributed by atoms with Crippen molar-refractivity contribution in [2.45, 2.75) is 51.6 Å². The lowest BCUT2D eigenvalue weighted by atomic mass is 9.92. The van der Waals surface area contributed by atoms with Crippen LogP contribution in [0.2, 0.25) is 0 Å². The van der Waals surface area contributed by atoms with Gasteiger partial charge in [0.15, 0.2) is 0 Å². The number of rotatable bonds is 2. The fourth-order valence-corrected chi connectivity index (χ4v) is 3.08. The first-order valence-corrected chi connectivity index (χ1v) is 7.93. The van der Waals surface area contributed by atoms with Crippen LogP contribution >= 0.6 is 0 Å². The minimum Gasteiger partial charge on any atom is -0.345 e. The molecule has 0 aromatic carbocycles. The molecule has 1 atom stereocenters. The van der Waals surface area contributed by atoms with Gasteiger partial charge in [0.2, 0.25) is 5.56 Å². The molecule has 1 aliphatic carbocycles. The van der Waals surface area contributed by atoms with E-state index in [4.69, 9.17) is 0 Å². The number of hydrogen-bond donors (Lipinski definition) is 2. The molecular weight excluding hydrogens is 292 g/mol. The van der Waals surface area contributed by atoms with Gasteiger partial charge in [0.05, 0.1) is 23.3 Å². The predicted molar refractivity (Wildman–Crippen MR) is 87.4 cm³/mol. The number of hydrogen-bond acceptors (Lipinski definition) is 3. The summed E-state index contributed by atoms with van der Waals surface area (Å²) in [5.41, 5.74) is 2.48. The molecule has 2 heterocycles.